The van der Waals surface area contributed by atoms with Crippen LogP contribution < -0.4 is 22.1 Å². The molecule has 2 aliphatic rings. The highest BCUT2D eigenvalue weighted by Crippen LogP contribution is 2.50. The number of aliphatic carboxylic acids is 1. The Balaban J connectivity index is 1.78. The quantitative estimate of drug-likeness (QED) is 0.230. The van der Waals surface area contributed by atoms with Gasteiger partial charge in [0.2, 0.25) is 11.8 Å². The summed E-state index contributed by atoms with van der Waals surface area (Å²) < 4.78 is -0.716. The number of aliphatic imine (C=N–C) groups is 1. The maximum atomic E-state index is 12.9. The number of carboxylic acids is 1. The first-order chi connectivity index (χ1) is 14.0. The van der Waals surface area contributed by atoms with E-state index >= 15 is 0 Å². The fraction of sp³-hybridized carbons (Fsp3) is 0.389. The fourth-order valence-electron chi connectivity index (χ4n) is 3.60. The Morgan fingerprint density at radius 2 is 1.87 bits per heavy atom. The third kappa shape index (κ3) is 3.90. The first kappa shape index (κ1) is 21.4. The molecule has 0 spiro atoms. The van der Waals surface area contributed by atoms with Crippen LogP contribution in [-0.4, -0.2) is 62.0 Å². The number of hydrogen-bond donors (Lipinski definition) is 5. The Hall–Kier alpha value is -3.28. The zero-order chi connectivity index (χ0) is 22.2. The summed E-state index contributed by atoms with van der Waals surface area (Å²) in [5, 5.41) is 14.0. The molecule has 12 heteroatoms. The summed E-state index contributed by atoms with van der Waals surface area (Å²) in [4.78, 5) is 53.8. The first-order valence-corrected chi connectivity index (χ1v) is 9.89. The van der Waals surface area contributed by atoms with Crippen molar-refractivity contribution in [3.8, 4) is 0 Å². The lowest BCUT2D eigenvalue weighted by molar-refractivity contribution is -0.161. The van der Waals surface area contributed by atoms with Crippen LogP contribution in [0.3, 0.4) is 0 Å². The van der Waals surface area contributed by atoms with Gasteiger partial charge in [-0.05, 0) is 19.4 Å². The fourth-order valence-corrected chi connectivity index (χ4v) is 5.23. The van der Waals surface area contributed by atoms with Crippen molar-refractivity contribution < 1.29 is 24.3 Å². The number of urea groups is 1. The van der Waals surface area contributed by atoms with Gasteiger partial charge >= 0.3 is 12.0 Å². The van der Waals surface area contributed by atoms with Crippen LogP contribution in [0, 0.1) is 0 Å². The van der Waals surface area contributed by atoms with Crippen LogP contribution in [0.25, 0.3) is 0 Å². The number of β-lactam (4-membered cyclic amide) rings is 1. The van der Waals surface area contributed by atoms with E-state index in [1.54, 1.807) is 44.2 Å². The number of nitrogens with zero attached hydrogens (tertiary/aromatic N) is 2. The topological polar surface area (TPSA) is 180 Å². The molecule has 1 aromatic rings. The van der Waals surface area contributed by atoms with Gasteiger partial charge < -0.3 is 32.1 Å². The van der Waals surface area contributed by atoms with Gasteiger partial charge in [-0.1, -0.05) is 30.3 Å². The van der Waals surface area contributed by atoms with E-state index in [1.807, 2.05) is 0 Å². The van der Waals surface area contributed by atoms with Gasteiger partial charge in [-0.25, -0.2) is 9.59 Å². The van der Waals surface area contributed by atoms with Gasteiger partial charge in [0.15, 0.2) is 5.96 Å². The maximum Gasteiger partial charge on any atom is 0.345 e. The van der Waals surface area contributed by atoms with E-state index in [0.717, 1.165) is 0 Å². The van der Waals surface area contributed by atoms with Gasteiger partial charge in [-0.2, -0.15) is 4.99 Å². The monoisotopic (exact) mass is 434 g/mol. The molecule has 11 nitrogen and oxygen atoms in total. The highest BCUT2D eigenvalue weighted by atomic mass is 32.2. The molecule has 1 aromatic carbocycles. The SMILES string of the molecule is CC1(C)SC2C(NC(=O)C(NC(=O)N=C(N)N)c3ccccc3)C(=O)N2C1C(=O)O. The minimum absolute atomic E-state index is 0.459. The molecule has 0 saturated carbocycles. The zero-order valence-electron chi connectivity index (χ0n) is 16.2. The Kier molecular flexibility index (Phi) is 5.61. The predicted molar refractivity (Wildman–Crippen MR) is 109 cm³/mol. The van der Waals surface area contributed by atoms with E-state index in [9.17, 15) is 24.3 Å². The average Bonchev–Trinajstić information content (AvgIpc) is 2.92. The molecule has 160 valence electrons. The molecule has 3 rings (SSSR count). The standard InChI is InChI=1S/C18H22N6O5S/c1-18(2)11(15(27)28)24-13(26)10(14(24)30-18)21-12(25)9(8-6-4-3-5-7-8)22-17(29)23-16(19)20/h3-7,9-11,14H,1-2H3,(H,21,25)(H,27,28)(H5,19,20,22,23,29). The number of fused-ring (bicyclic) bond motifs is 1. The van der Waals surface area contributed by atoms with Crippen LogP contribution in [-0.2, 0) is 14.4 Å². The van der Waals surface area contributed by atoms with Crippen molar-refractivity contribution in [3.63, 3.8) is 0 Å². The van der Waals surface area contributed by atoms with Crippen molar-refractivity contribution in [2.24, 2.45) is 16.5 Å². The molecule has 0 radical (unpaired) electrons. The Labute approximate surface area is 176 Å². The van der Waals surface area contributed by atoms with E-state index in [2.05, 4.69) is 15.6 Å². The predicted octanol–water partition coefficient (Wildman–Crippen LogP) is -0.658. The molecule has 4 amide bonds. The summed E-state index contributed by atoms with van der Waals surface area (Å²) in [6.07, 6.45) is 0. The van der Waals surface area contributed by atoms with Crippen LogP contribution in [0.2, 0.25) is 0 Å². The number of carbonyl (C=O) groups excluding carboxylic acids is 3. The molecule has 0 aromatic heterocycles. The summed E-state index contributed by atoms with van der Waals surface area (Å²) in [5.41, 5.74) is 10.9. The highest BCUT2D eigenvalue weighted by molar-refractivity contribution is 8.01. The lowest BCUT2D eigenvalue weighted by Crippen LogP contribution is -2.71. The van der Waals surface area contributed by atoms with Gasteiger partial charge in [0.05, 0.1) is 0 Å². The number of benzene rings is 1. The normalized spacial score (nSPS) is 24.8. The molecule has 0 bridgehead atoms. The molecule has 4 atom stereocenters. The molecule has 2 aliphatic heterocycles. The highest BCUT2D eigenvalue weighted by Gasteiger charge is 2.64. The maximum absolute atomic E-state index is 12.9. The minimum atomic E-state index is -1.15. The van der Waals surface area contributed by atoms with Crippen molar-refractivity contribution in [3.05, 3.63) is 35.9 Å². The van der Waals surface area contributed by atoms with Crippen molar-refractivity contribution in [1.82, 2.24) is 15.5 Å². The second-order valence-corrected chi connectivity index (χ2v) is 9.19. The van der Waals surface area contributed by atoms with Crippen LogP contribution in [0.1, 0.15) is 25.5 Å². The second kappa shape index (κ2) is 7.86. The second-order valence-electron chi connectivity index (χ2n) is 7.41. The van der Waals surface area contributed by atoms with Gasteiger partial charge in [0, 0.05) is 4.75 Å². The Bertz CT molecular complexity index is 917. The summed E-state index contributed by atoms with van der Waals surface area (Å²) in [7, 11) is 0. The molecular formula is C18H22N6O5S. The molecule has 0 aliphatic carbocycles. The van der Waals surface area contributed by atoms with Gasteiger partial charge in [0.1, 0.15) is 23.5 Å². The summed E-state index contributed by atoms with van der Waals surface area (Å²) in [6, 6.07) is 4.41. The summed E-state index contributed by atoms with van der Waals surface area (Å²) >= 11 is 1.31. The number of amides is 4. The molecule has 30 heavy (non-hydrogen) atoms. The van der Waals surface area contributed by atoms with Crippen molar-refractivity contribution in [2.75, 3.05) is 0 Å². The zero-order valence-corrected chi connectivity index (χ0v) is 17.1. The van der Waals surface area contributed by atoms with Gasteiger partial charge in [0.25, 0.3) is 0 Å². The van der Waals surface area contributed by atoms with E-state index < -0.39 is 58.0 Å². The van der Waals surface area contributed by atoms with Crippen molar-refractivity contribution >= 4 is 41.5 Å². The molecule has 7 N–H and O–H groups in total. The van der Waals surface area contributed by atoms with E-state index in [4.69, 9.17) is 11.5 Å². The number of nitrogens with one attached hydrogen (secondary N) is 2. The van der Waals surface area contributed by atoms with Gasteiger partial charge in [-0.15, -0.1) is 11.8 Å². The molecule has 2 fully saturated rings. The van der Waals surface area contributed by atoms with Crippen LogP contribution in [0.15, 0.2) is 35.3 Å². The molecule has 2 heterocycles. The smallest absolute Gasteiger partial charge is 0.345 e. The van der Waals surface area contributed by atoms with Gasteiger partial charge in [-0.3, -0.25) is 9.59 Å². The Morgan fingerprint density at radius 3 is 2.43 bits per heavy atom. The molecular weight excluding hydrogens is 412 g/mol. The lowest BCUT2D eigenvalue weighted by atomic mass is 9.95. The van der Waals surface area contributed by atoms with E-state index in [1.165, 1.54) is 16.7 Å². The minimum Gasteiger partial charge on any atom is -0.480 e. The third-order valence-electron chi connectivity index (χ3n) is 4.87. The Morgan fingerprint density at radius 1 is 1.23 bits per heavy atom. The average molecular weight is 434 g/mol. The number of thioether (sulfide) groups is 1. The number of guanidine groups is 1. The van der Waals surface area contributed by atoms with Crippen molar-refractivity contribution in [1.29, 1.82) is 0 Å². The molecule has 2 saturated heterocycles. The molecule has 4 unspecified atom stereocenters. The van der Waals surface area contributed by atoms with E-state index in [-0.39, 0.29) is 0 Å². The number of carbonyl (C=O) groups is 4. The first-order valence-electron chi connectivity index (χ1n) is 9.01. The third-order valence-corrected chi connectivity index (χ3v) is 6.44. The van der Waals surface area contributed by atoms with E-state index in [0.29, 0.717) is 5.56 Å². The van der Waals surface area contributed by atoms with Crippen LogP contribution in [0.5, 0.6) is 0 Å². The number of hydrogen-bond acceptors (Lipinski definition) is 5. The number of nitrogens with two attached hydrogens (primary N) is 2. The number of carboxylic acid groups (broad SMARTS) is 1. The largest absolute Gasteiger partial charge is 0.480 e. The van der Waals surface area contributed by atoms with Crippen LogP contribution >= 0.6 is 11.8 Å². The summed E-state index contributed by atoms with van der Waals surface area (Å²) in [6.45, 7) is 3.48. The van der Waals surface area contributed by atoms with Crippen molar-refractivity contribution in [2.45, 2.75) is 42.1 Å². The summed E-state index contributed by atoms with van der Waals surface area (Å²) in [5.74, 6) is -2.69. The van der Waals surface area contributed by atoms with Crippen LogP contribution in [0.4, 0.5) is 4.79 Å². The lowest BCUT2D eigenvalue weighted by Gasteiger charge is -2.43. The number of rotatable bonds is 5.